The number of carbonyl (C=O) groups is 4. The molecule has 14 nitrogen and oxygen atoms in total. The lowest BCUT2D eigenvalue weighted by Crippen LogP contribution is -2.48. The highest BCUT2D eigenvalue weighted by Gasteiger charge is 2.26. The van der Waals surface area contributed by atoms with E-state index in [1.807, 2.05) is 0 Å². The Morgan fingerprint density at radius 2 is 1.00 bits per heavy atom. The molecule has 0 aliphatic rings. The predicted molar refractivity (Wildman–Crippen MR) is 256 cm³/mol. The molecule has 0 spiro atoms. The third-order valence-corrected chi connectivity index (χ3v) is 12.3. The van der Waals surface area contributed by atoms with E-state index in [4.69, 9.17) is 4.74 Å². The van der Waals surface area contributed by atoms with Crippen LogP contribution >= 0.6 is 7.82 Å². The summed E-state index contributed by atoms with van der Waals surface area (Å²) in [5, 5.41) is 28.4. The van der Waals surface area contributed by atoms with Crippen LogP contribution in [-0.2, 0) is 33.0 Å². The van der Waals surface area contributed by atoms with Crippen molar-refractivity contribution in [1.29, 1.82) is 0 Å². The summed E-state index contributed by atoms with van der Waals surface area (Å²) >= 11 is 0. The van der Waals surface area contributed by atoms with Gasteiger partial charge in [-0.15, -0.1) is 0 Å². The SMILES string of the molecule is CCCCCCCCCCCC(=O)O[C@H](CCCCCCCCCCC)CC(=O)N[C@@H](CCOP(=O)(O)O)C(=O)NCCC[C@H](CO)NC(=O)C[C@H](O)CCCCCCCCCCC. The minimum absolute atomic E-state index is 0.0547. The van der Waals surface area contributed by atoms with Gasteiger partial charge in [0.05, 0.1) is 38.2 Å². The van der Waals surface area contributed by atoms with Crippen molar-refractivity contribution in [3.05, 3.63) is 0 Å². The van der Waals surface area contributed by atoms with Gasteiger partial charge in [0.1, 0.15) is 12.1 Å². The topological polar surface area (TPSA) is 221 Å². The summed E-state index contributed by atoms with van der Waals surface area (Å²) in [6.45, 7) is 5.92. The molecule has 0 bridgehead atoms. The first-order chi connectivity index (χ1) is 30.8. The molecule has 0 unspecified atom stereocenters. The third kappa shape index (κ3) is 41.3. The number of hydrogen-bond acceptors (Lipinski definition) is 9. The molecule has 0 aromatic carbocycles. The van der Waals surface area contributed by atoms with Crippen molar-refractivity contribution in [2.45, 2.75) is 270 Å². The number of ether oxygens (including phenoxy) is 1. The molecule has 15 heteroatoms. The lowest BCUT2D eigenvalue weighted by Gasteiger charge is -2.22. The molecule has 0 aliphatic heterocycles. The smallest absolute Gasteiger partial charge is 0.462 e. The number of esters is 1. The van der Waals surface area contributed by atoms with E-state index in [-0.39, 0.29) is 50.7 Å². The molecular weight excluding hydrogens is 838 g/mol. The van der Waals surface area contributed by atoms with Gasteiger partial charge in [0.25, 0.3) is 0 Å². The number of carbonyl (C=O) groups excluding carboxylic acids is 4. The van der Waals surface area contributed by atoms with Crippen LogP contribution in [0.2, 0.25) is 0 Å². The minimum Gasteiger partial charge on any atom is -0.462 e. The first-order valence-corrected chi connectivity index (χ1v) is 27.4. The standard InChI is InChI=1S/C49H96N3O11P/c1-4-7-10-13-16-19-22-25-28-33-43(54)39-46(55)51-42(41-53)32-31-37-50-49(58)45(36-38-62-64(59,60)61)52-47(56)40-44(34-29-26-23-20-17-14-11-8-5-2)63-48(57)35-30-27-24-21-18-15-12-9-6-3/h42-45,53-54H,4-41H2,1-3H3,(H,50,58)(H,51,55)(H,52,56)(H2,59,60,61)/t42-,43-,44-,45+/m1/s1. The number of phosphoric acid groups is 1. The average Bonchev–Trinajstić information content (AvgIpc) is 3.24. The molecule has 0 heterocycles. The Hall–Kier alpha value is -2.09. The van der Waals surface area contributed by atoms with Gasteiger partial charge in [-0.25, -0.2) is 4.57 Å². The zero-order valence-electron chi connectivity index (χ0n) is 40.8. The summed E-state index contributed by atoms with van der Waals surface area (Å²) < 4.78 is 21.8. The largest absolute Gasteiger partial charge is 0.469 e. The Morgan fingerprint density at radius 1 is 0.547 bits per heavy atom. The molecule has 0 saturated carbocycles. The van der Waals surface area contributed by atoms with E-state index in [9.17, 15) is 43.7 Å². The van der Waals surface area contributed by atoms with E-state index in [2.05, 4.69) is 41.2 Å². The molecule has 64 heavy (non-hydrogen) atoms. The molecule has 0 rings (SSSR count). The van der Waals surface area contributed by atoms with Crippen molar-refractivity contribution >= 4 is 31.5 Å². The number of aliphatic hydroxyl groups is 2. The lowest BCUT2D eigenvalue weighted by atomic mass is 10.0. The van der Waals surface area contributed by atoms with Gasteiger partial charge in [-0.05, 0) is 38.5 Å². The zero-order valence-corrected chi connectivity index (χ0v) is 41.7. The number of unbranched alkanes of at least 4 members (excludes halogenated alkanes) is 24. The number of phosphoric ester groups is 1. The Balaban J connectivity index is 5.11. The van der Waals surface area contributed by atoms with Gasteiger partial charge in [-0.2, -0.15) is 0 Å². The average molecular weight is 934 g/mol. The molecule has 3 amide bonds. The molecule has 4 atom stereocenters. The number of nitrogens with one attached hydrogen (secondary N) is 3. The van der Waals surface area contributed by atoms with Crippen molar-refractivity contribution in [3.63, 3.8) is 0 Å². The van der Waals surface area contributed by atoms with Gasteiger partial charge < -0.3 is 40.7 Å². The first kappa shape index (κ1) is 61.9. The summed E-state index contributed by atoms with van der Waals surface area (Å²) in [7, 11) is -4.83. The summed E-state index contributed by atoms with van der Waals surface area (Å²) in [5.41, 5.74) is 0. The molecule has 378 valence electrons. The molecule has 7 N–H and O–H groups in total. The predicted octanol–water partition coefficient (Wildman–Crippen LogP) is 10.2. The van der Waals surface area contributed by atoms with Crippen LogP contribution in [0.5, 0.6) is 0 Å². The summed E-state index contributed by atoms with van der Waals surface area (Å²) in [6.07, 6.45) is 30.9. The van der Waals surface area contributed by atoms with Crippen molar-refractivity contribution in [1.82, 2.24) is 16.0 Å². The second-order valence-corrected chi connectivity index (χ2v) is 19.3. The van der Waals surface area contributed by atoms with Crippen molar-refractivity contribution in [3.8, 4) is 0 Å². The monoisotopic (exact) mass is 934 g/mol. The van der Waals surface area contributed by atoms with Gasteiger partial charge in [-0.3, -0.25) is 23.7 Å². The molecule has 0 radical (unpaired) electrons. The van der Waals surface area contributed by atoms with E-state index in [0.717, 1.165) is 70.6 Å². The van der Waals surface area contributed by atoms with Crippen molar-refractivity contribution < 1.29 is 53.0 Å². The highest BCUT2D eigenvalue weighted by molar-refractivity contribution is 7.46. The fraction of sp³-hybridized carbons (Fsp3) is 0.918. The van der Waals surface area contributed by atoms with E-state index in [0.29, 0.717) is 25.7 Å². The van der Waals surface area contributed by atoms with Crippen LogP contribution in [0, 0.1) is 0 Å². The van der Waals surface area contributed by atoms with Gasteiger partial charge >= 0.3 is 13.8 Å². The molecule has 0 fully saturated rings. The maximum absolute atomic E-state index is 13.4. The van der Waals surface area contributed by atoms with E-state index < -0.39 is 50.5 Å². The maximum atomic E-state index is 13.4. The van der Waals surface area contributed by atoms with Gasteiger partial charge in [-0.1, -0.05) is 181 Å². The highest BCUT2D eigenvalue weighted by Crippen LogP contribution is 2.35. The quantitative estimate of drug-likeness (QED) is 0.0173. The normalized spacial score (nSPS) is 13.5. The van der Waals surface area contributed by atoms with Crippen LogP contribution in [0.1, 0.15) is 245 Å². The van der Waals surface area contributed by atoms with E-state index in [1.165, 1.54) is 103 Å². The summed E-state index contributed by atoms with van der Waals surface area (Å²) in [5.74, 6) is -1.82. The highest BCUT2D eigenvalue weighted by atomic mass is 31.2. The van der Waals surface area contributed by atoms with E-state index >= 15 is 0 Å². The molecule has 0 aromatic heterocycles. The van der Waals surface area contributed by atoms with Gasteiger partial charge in [0.2, 0.25) is 17.7 Å². The zero-order chi connectivity index (χ0) is 47.5. The van der Waals surface area contributed by atoms with Crippen LogP contribution in [0.25, 0.3) is 0 Å². The second kappa shape index (κ2) is 43.5. The second-order valence-electron chi connectivity index (χ2n) is 18.1. The third-order valence-electron chi connectivity index (χ3n) is 11.8. The number of rotatable bonds is 47. The van der Waals surface area contributed by atoms with Crippen LogP contribution in [-0.4, -0.2) is 87.7 Å². The molecular formula is C49H96N3O11P. The summed E-state index contributed by atoms with van der Waals surface area (Å²) in [4.78, 5) is 70.7. The summed E-state index contributed by atoms with van der Waals surface area (Å²) in [6, 6.07) is -1.77. The fourth-order valence-electron chi connectivity index (χ4n) is 7.91. The van der Waals surface area contributed by atoms with Crippen LogP contribution in [0.3, 0.4) is 0 Å². The Kier molecular flexibility index (Phi) is 42.1. The van der Waals surface area contributed by atoms with Gasteiger partial charge in [0.15, 0.2) is 0 Å². The van der Waals surface area contributed by atoms with Gasteiger partial charge in [0, 0.05) is 19.4 Å². The number of hydrogen-bond donors (Lipinski definition) is 7. The van der Waals surface area contributed by atoms with E-state index in [1.54, 1.807) is 0 Å². The van der Waals surface area contributed by atoms with Crippen molar-refractivity contribution in [2.24, 2.45) is 0 Å². The van der Waals surface area contributed by atoms with Crippen LogP contribution < -0.4 is 16.0 Å². The Bertz CT molecular complexity index is 1190. The van der Waals surface area contributed by atoms with Crippen LogP contribution in [0.4, 0.5) is 0 Å². The number of amides is 3. The first-order valence-electron chi connectivity index (χ1n) is 25.9. The molecule has 0 aromatic rings. The number of aliphatic hydroxyl groups excluding tert-OH is 2. The minimum atomic E-state index is -4.83. The Morgan fingerprint density at radius 3 is 1.48 bits per heavy atom. The van der Waals surface area contributed by atoms with Crippen LogP contribution in [0.15, 0.2) is 0 Å². The molecule has 0 saturated heterocycles. The fourth-order valence-corrected chi connectivity index (χ4v) is 8.26. The molecule has 0 aliphatic carbocycles. The van der Waals surface area contributed by atoms with Crippen molar-refractivity contribution in [2.75, 3.05) is 19.8 Å². The lowest BCUT2D eigenvalue weighted by molar-refractivity contribution is -0.151. The maximum Gasteiger partial charge on any atom is 0.469 e. The Labute approximate surface area is 389 Å².